The summed E-state index contributed by atoms with van der Waals surface area (Å²) in [6.07, 6.45) is 2.31. The number of benzene rings is 1. The van der Waals surface area contributed by atoms with Crippen molar-refractivity contribution in [3.05, 3.63) is 28.2 Å². The maximum absolute atomic E-state index is 5.75. The smallest absolute Gasteiger partial charge is 0.106 e. The lowest BCUT2D eigenvalue weighted by atomic mass is 10.0. The highest BCUT2D eigenvalue weighted by molar-refractivity contribution is 9.10. The van der Waals surface area contributed by atoms with Crippen molar-refractivity contribution in [2.24, 2.45) is 5.73 Å². The van der Waals surface area contributed by atoms with E-state index < -0.39 is 0 Å². The fraction of sp³-hybridized carbons (Fsp3) is 0.462. The second-order valence-corrected chi connectivity index (χ2v) is 5.96. The SMILES string of the molecule is CC1CC(Nc2cc(Br)ccc2C(N)=S)CCO1. The van der Waals surface area contributed by atoms with Crippen molar-refractivity contribution in [3.63, 3.8) is 0 Å². The van der Waals surface area contributed by atoms with Crippen LogP contribution in [0.5, 0.6) is 0 Å². The molecule has 0 spiro atoms. The number of hydrogen-bond acceptors (Lipinski definition) is 3. The summed E-state index contributed by atoms with van der Waals surface area (Å²) in [4.78, 5) is 0.421. The monoisotopic (exact) mass is 328 g/mol. The van der Waals surface area contributed by atoms with Crippen LogP contribution in [0.4, 0.5) is 5.69 Å². The lowest BCUT2D eigenvalue weighted by molar-refractivity contribution is 0.0232. The molecule has 2 unspecified atom stereocenters. The molecule has 0 saturated carbocycles. The first kappa shape index (κ1) is 13.8. The lowest BCUT2D eigenvalue weighted by Gasteiger charge is -2.29. The van der Waals surface area contributed by atoms with Crippen LogP contribution in [0.25, 0.3) is 0 Å². The molecule has 0 aromatic heterocycles. The van der Waals surface area contributed by atoms with Crippen LogP contribution in [0.15, 0.2) is 22.7 Å². The van der Waals surface area contributed by atoms with Crippen molar-refractivity contribution in [2.75, 3.05) is 11.9 Å². The molecule has 1 aliphatic heterocycles. The Balaban J connectivity index is 2.16. The number of anilines is 1. The molecule has 0 radical (unpaired) electrons. The molecule has 0 bridgehead atoms. The molecule has 1 aromatic carbocycles. The first-order valence-electron chi connectivity index (χ1n) is 6.03. The van der Waals surface area contributed by atoms with Gasteiger partial charge in [0.2, 0.25) is 0 Å². The molecular formula is C13H17BrN2OS. The van der Waals surface area contributed by atoms with Crippen molar-refractivity contribution in [2.45, 2.75) is 31.9 Å². The second-order valence-electron chi connectivity index (χ2n) is 4.60. The minimum atomic E-state index is 0.302. The van der Waals surface area contributed by atoms with Crippen LogP contribution in [0.3, 0.4) is 0 Å². The highest BCUT2D eigenvalue weighted by Gasteiger charge is 2.20. The largest absolute Gasteiger partial charge is 0.389 e. The molecule has 2 atom stereocenters. The number of thiocarbonyl (C=S) groups is 1. The van der Waals surface area contributed by atoms with Crippen LogP contribution in [-0.2, 0) is 4.74 Å². The molecule has 1 fully saturated rings. The molecule has 18 heavy (non-hydrogen) atoms. The van der Waals surface area contributed by atoms with Gasteiger partial charge in [-0.1, -0.05) is 28.1 Å². The minimum absolute atomic E-state index is 0.302. The third kappa shape index (κ3) is 3.43. The van der Waals surface area contributed by atoms with Gasteiger partial charge < -0.3 is 15.8 Å². The van der Waals surface area contributed by atoms with E-state index in [2.05, 4.69) is 28.2 Å². The molecule has 1 saturated heterocycles. The van der Waals surface area contributed by atoms with E-state index in [1.807, 2.05) is 18.2 Å². The van der Waals surface area contributed by atoms with Gasteiger partial charge in [0.05, 0.1) is 6.10 Å². The summed E-state index contributed by atoms with van der Waals surface area (Å²) in [7, 11) is 0. The Morgan fingerprint density at radius 3 is 3.00 bits per heavy atom. The molecule has 1 heterocycles. The summed E-state index contributed by atoms with van der Waals surface area (Å²) in [6, 6.07) is 6.33. The van der Waals surface area contributed by atoms with Gasteiger partial charge in [-0.3, -0.25) is 0 Å². The van der Waals surface area contributed by atoms with Crippen molar-refractivity contribution >= 4 is 38.8 Å². The third-order valence-corrected chi connectivity index (χ3v) is 3.80. The zero-order valence-corrected chi connectivity index (χ0v) is 12.7. The van der Waals surface area contributed by atoms with Gasteiger partial charge in [0.25, 0.3) is 0 Å². The van der Waals surface area contributed by atoms with Crippen molar-refractivity contribution in [3.8, 4) is 0 Å². The molecule has 3 nitrogen and oxygen atoms in total. The van der Waals surface area contributed by atoms with Crippen LogP contribution >= 0.6 is 28.1 Å². The quantitative estimate of drug-likeness (QED) is 0.837. The fourth-order valence-electron chi connectivity index (χ4n) is 2.20. The van der Waals surface area contributed by atoms with Crippen LogP contribution in [0.2, 0.25) is 0 Å². The van der Waals surface area contributed by atoms with Crippen molar-refractivity contribution < 1.29 is 4.74 Å². The van der Waals surface area contributed by atoms with Crippen molar-refractivity contribution in [1.29, 1.82) is 0 Å². The van der Waals surface area contributed by atoms with E-state index >= 15 is 0 Å². The normalized spacial score (nSPS) is 23.7. The Morgan fingerprint density at radius 1 is 1.56 bits per heavy atom. The summed E-state index contributed by atoms with van der Waals surface area (Å²) in [5, 5.41) is 3.52. The van der Waals surface area contributed by atoms with Crippen LogP contribution in [0.1, 0.15) is 25.3 Å². The van der Waals surface area contributed by atoms with Crippen LogP contribution in [-0.4, -0.2) is 23.7 Å². The van der Waals surface area contributed by atoms with Gasteiger partial charge in [0, 0.05) is 28.4 Å². The molecule has 3 N–H and O–H groups in total. The van der Waals surface area contributed by atoms with E-state index in [0.29, 0.717) is 17.1 Å². The predicted octanol–water partition coefficient (Wildman–Crippen LogP) is 3.06. The minimum Gasteiger partial charge on any atom is -0.389 e. The molecule has 0 amide bonds. The van der Waals surface area contributed by atoms with Gasteiger partial charge in [-0.25, -0.2) is 0 Å². The number of halogens is 1. The first-order valence-corrected chi connectivity index (χ1v) is 7.24. The Kier molecular flexibility index (Phi) is 4.59. The summed E-state index contributed by atoms with van der Waals surface area (Å²) >= 11 is 8.55. The second kappa shape index (κ2) is 5.99. The fourth-order valence-corrected chi connectivity index (χ4v) is 2.74. The van der Waals surface area contributed by atoms with E-state index in [9.17, 15) is 0 Å². The molecule has 1 aromatic rings. The highest BCUT2D eigenvalue weighted by atomic mass is 79.9. The molecule has 1 aliphatic rings. The van der Waals surface area contributed by atoms with Gasteiger partial charge >= 0.3 is 0 Å². The lowest BCUT2D eigenvalue weighted by Crippen LogP contribution is -2.33. The topological polar surface area (TPSA) is 47.3 Å². The standard InChI is InChI=1S/C13H17BrN2OS/c1-8-6-10(4-5-17-8)16-12-7-9(14)2-3-11(12)13(15)18/h2-3,7-8,10,16H,4-6H2,1H3,(H2,15,18). The molecule has 0 aliphatic carbocycles. The predicted molar refractivity (Wildman–Crippen MR) is 82.1 cm³/mol. The summed E-state index contributed by atoms with van der Waals surface area (Å²) in [5.41, 5.74) is 7.64. The van der Waals surface area contributed by atoms with E-state index in [1.54, 1.807) is 0 Å². The number of nitrogens with one attached hydrogen (secondary N) is 1. The maximum atomic E-state index is 5.75. The zero-order valence-electron chi connectivity index (χ0n) is 10.3. The van der Waals surface area contributed by atoms with Gasteiger partial charge in [0.1, 0.15) is 4.99 Å². The van der Waals surface area contributed by atoms with Gasteiger partial charge in [-0.2, -0.15) is 0 Å². The van der Waals surface area contributed by atoms with Crippen LogP contribution in [0, 0.1) is 0 Å². The molecule has 98 valence electrons. The highest BCUT2D eigenvalue weighted by Crippen LogP contribution is 2.25. The molecule has 5 heteroatoms. The zero-order chi connectivity index (χ0) is 13.1. The number of ether oxygens (including phenoxy) is 1. The average molecular weight is 329 g/mol. The Hall–Kier alpha value is -0.650. The Bertz CT molecular complexity index is 453. The van der Waals surface area contributed by atoms with E-state index in [1.165, 1.54) is 0 Å². The van der Waals surface area contributed by atoms with Gasteiger partial charge in [0.15, 0.2) is 0 Å². The van der Waals surface area contributed by atoms with Gasteiger partial charge in [-0.15, -0.1) is 0 Å². The summed E-state index contributed by atoms with van der Waals surface area (Å²) in [5.74, 6) is 0. The Morgan fingerprint density at radius 2 is 2.33 bits per heavy atom. The van der Waals surface area contributed by atoms with Gasteiger partial charge in [-0.05, 0) is 38.0 Å². The van der Waals surface area contributed by atoms with Crippen molar-refractivity contribution in [1.82, 2.24) is 0 Å². The van der Waals surface area contributed by atoms with E-state index in [4.69, 9.17) is 22.7 Å². The van der Waals surface area contributed by atoms with E-state index in [-0.39, 0.29) is 0 Å². The Labute approximate surface area is 121 Å². The summed E-state index contributed by atoms with van der Waals surface area (Å²) < 4.78 is 6.57. The first-order chi connectivity index (χ1) is 8.56. The summed E-state index contributed by atoms with van der Waals surface area (Å²) in [6.45, 7) is 2.90. The number of rotatable bonds is 3. The maximum Gasteiger partial charge on any atom is 0.106 e. The van der Waals surface area contributed by atoms with Crippen LogP contribution < -0.4 is 11.1 Å². The average Bonchev–Trinajstić information content (AvgIpc) is 2.28. The van der Waals surface area contributed by atoms with E-state index in [0.717, 1.165) is 35.2 Å². The molecule has 2 rings (SSSR count). The number of hydrogen-bond donors (Lipinski definition) is 2. The molecular weight excluding hydrogens is 312 g/mol. The third-order valence-electron chi connectivity index (χ3n) is 3.09. The number of nitrogens with two attached hydrogens (primary N) is 1.